The minimum Gasteiger partial charge on any atom is -0.490 e. The topological polar surface area (TPSA) is 103 Å². The van der Waals surface area contributed by atoms with Crippen molar-refractivity contribution >= 4 is 66.8 Å². The Morgan fingerprint density at radius 3 is 2.61 bits per heavy atom. The zero-order chi connectivity index (χ0) is 25.7. The number of hydrogen-bond donors (Lipinski definition) is 1. The van der Waals surface area contributed by atoms with E-state index in [1.165, 1.54) is 29.7 Å². The maximum atomic E-state index is 12.6. The van der Waals surface area contributed by atoms with E-state index in [2.05, 4.69) is 26.5 Å². The average molecular weight is 589 g/mol. The number of halogens is 2. The number of fused-ring (bicyclic) bond motifs is 1. The quantitative estimate of drug-likeness (QED) is 0.129. The van der Waals surface area contributed by atoms with E-state index in [9.17, 15) is 14.9 Å². The van der Waals surface area contributed by atoms with Crippen LogP contribution in [-0.4, -0.2) is 23.7 Å². The van der Waals surface area contributed by atoms with E-state index in [-0.39, 0.29) is 5.69 Å². The number of non-ortho nitro benzene ring substituents is 1. The monoisotopic (exact) mass is 587 g/mol. The highest BCUT2D eigenvalue weighted by atomic mass is 79.9. The second-order valence-electron chi connectivity index (χ2n) is 7.46. The van der Waals surface area contributed by atoms with Crippen LogP contribution in [0, 0.1) is 10.1 Å². The summed E-state index contributed by atoms with van der Waals surface area (Å²) in [6, 6.07) is 17.0. The summed E-state index contributed by atoms with van der Waals surface area (Å²) in [5.41, 5.74) is 4.10. The molecule has 36 heavy (non-hydrogen) atoms. The molecule has 0 saturated heterocycles. The predicted molar refractivity (Wildman–Crippen MR) is 145 cm³/mol. The number of nitrogens with one attached hydrogen (secondary N) is 1. The standard InChI is InChI=1S/C25H19BrClN3O5S/c1-2-34-21-10-17(20(26)12-22(21)35-14-15-3-5-18(27)6-4-15)13-28-29-25(31)24-11-16-9-19(30(32)33)7-8-23(16)36-24/h3-13H,2,14H2,1H3,(H,29,31)/b28-13-. The molecule has 0 radical (unpaired) electrons. The number of benzene rings is 3. The second-order valence-corrected chi connectivity index (χ2v) is 9.83. The first-order valence-corrected chi connectivity index (χ1v) is 12.7. The molecule has 0 unspecified atom stereocenters. The van der Waals surface area contributed by atoms with Gasteiger partial charge in [0.15, 0.2) is 11.5 Å². The Balaban J connectivity index is 1.46. The van der Waals surface area contributed by atoms with Gasteiger partial charge in [-0.05, 0) is 64.8 Å². The Kier molecular flexibility index (Phi) is 8.19. The molecule has 0 fully saturated rings. The summed E-state index contributed by atoms with van der Waals surface area (Å²) in [5, 5.41) is 16.3. The van der Waals surface area contributed by atoms with E-state index < -0.39 is 10.8 Å². The zero-order valence-electron chi connectivity index (χ0n) is 18.9. The van der Waals surface area contributed by atoms with Gasteiger partial charge in [-0.2, -0.15) is 5.10 Å². The number of rotatable bonds is 9. The molecule has 0 atom stereocenters. The molecule has 4 rings (SSSR count). The van der Waals surface area contributed by atoms with E-state index >= 15 is 0 Å². The van der Waals surface area contributed by atoms with Crippen molar-refractivity contribution < 1.29 is 19.2 Å². The molecular formula is C25H19BrClN3O5S. The number of nitro benzene ring substituents is 1. The van der Waals surface area contributed by atoms with Gasteiger partial charge >= 0.3 is 0 Å². The predicted octanol–water partition coefficient (Wildman–Crippen LogP) is 6.97. The molecule has 0 bridgehead atoms. The van der Waals surface area contributed by atoms with E-state index in [1.54, 1.807) is 36.4 Å². The summed E-state index contributed by atoms with van der Waals surface area (Å²) < 4.78 is 13.2. The third-order valence-corrected chi connectivity index (χ3v) is 7.03. The fraction of sp³-hybridized carbons (Fsp3) is 0.120. The van der Waals surface area contributed by atoms with Crippen molar-refractivity contribution in [1.29, 1.82) is 0 Å². The van der Waals surface area contributed by atoms with Crippen molar-refractivity contribution in [3.63, 3.8) is 0 Å². The highest BCUT2D eigenvalue weighted by Crippen LogP contribution is 2.34. The van der Waals surface area contributed by atoms with Crippen molar-refractivity contribution in [2.75, 3.05) is 6.61 Å². The summed E-state index contributed by atoms with van der Waals surface area (Å²) in [6.07, 6.45) is 1.49. The molecular weight excluding hydrogens is 570 g/mol. The molecule has 1 N–H and O–H groups in total. The van der Waals surface area contributed by atoms with E-state index in [0.717, 1.165) is 10.3 Å². The van der Waals surface area contributed by atoms with Crippen LogP contribution in [0.25, 0.3) is 10.1 Å². The molecule has 0 aliphatic carbocycles. The Morgan fingerprint density at radius 2 is 1.89 bits per heavy atom. The number of carbonyl (C=O) groups excluding carboxylic acids is 1. The maximum Gasteiger partial charge on any atom is 0.281 e. The molecule has 0 aliphatic heterocycles. The molecule has 0 spiro atoms. The Morgan fingerprint density at radius 1 is 1.14 bits per heavy atom. The lowest BCUT2D eigenvalue weighted by atomic mass is 10.2. The summed E-state index contributed by atoms with van der Waals surface area (Å²) in [7, 11) is 0. The number of carbonyl (C=O) groups is 1. The molecule has 8 nitrogen and oxygen atoms in total. The van der Waals surface area contributed by atoms with Crippen molar-refractivity contribution in [2.24, 2.45) is 5.10 Å². The normalized spacial score (nSPS) is 11.1. The van der Waals surface area contributed by atoms with Crippen LogP contribution in [0.5, 0.6) is 11.5 Å². The minimum absolute atomic E-state index is 0.0270. The molecule has 3 aromatic carbocycles. The highest BCUT2D eigenvalue weighted by Gasteiger charge is 2.14. The SMILES string of the molecule is CCOc1cc(/C=N\NC(=O)c2cc3cc([N+](=O)[O-])ccc3s2)c(Br)cc1OCc1ccc(Cl)cc1. The number of hydrogen-bond acceptors (Lipinski definition) is 7. The van der Waals surface area contributed by atoms with Gasteiger partial charge in [-0.25, -0.2) is 5.43 Å². The lowest BCUT2D eigenvalue weighted by Gasteiger charge is -2.14. The molecule has 0 saturated carbocycles. The smallest absolute Gasteiger partial charge is 0.281 e. The number of hydrazone groups is 1. The van der Waals surface area contributed by atoms with E-state index in [4.69, 9.17) is 21.1 Å². The third kappa shape index (κ3) is 6.20. The van der Waals surface area contributed by atoms with Gasteiger partial charge < -0.3 is 9.47 Å². The number of ether oxygens (including phenoxy) is 2. The van der Waals surface area contributed by atoms with Gasteiger partial charge in [0.2, 0.25) is 0 Å². The first kappa shape index (κ1) is 25.6. The van der Waals surface area contributed by atoms with Gasteiger partial charge in [-0.15, -0.1) is 11.3 Å². The molecule has 184 valence electrons. The van der Waals surface area contributed by atoms with Crippen molar-refractivity contribution in [3.8, 4) is 11.5 Å². The van der Waals surface area contributed by atoms with Crippen LogP contribution in [0.4, 0.5) is 5.69 Å². The Labute approximate surface area is 223 Å². The van der Waals surface area contributed by atoms with Crippen LogP contribution in [-0.2, 0) is 6.61 Å². The lowest BCUT2D eigenvalue weighted by molar-refractivity contribution is -0.384. The summed E-state index contributed by atoms with van der Waals surface area (Å²) in [5.74, 6) is 0.673. The zero-order valence-corrected chi connectivity index (χ0v) is 22.0. The fourth-order valence-corrected chi connectivity index (χ4v) is 4.73. The highest BCUT2D eigenvalue weighted by molar-refractivity contribution is 9.10. The van der Waals surface area contributed by atoms with Crippen LogP contribution in [0.3, 0.4) is 0 Å². The van der Waals surface area contributed by atoms with Crippen LogP contribution in [0.1, 0.15) is 27.7 Å². The van der Waals surface area contributed by atoms with Crippen LogP contribution >= 0.6 is 38.9 Å². The van der Waals surface area contributed by atoms with Crippen LogP contribution in [0.2, 0.25) is 5.02 Å². The summed E-state index contributed by atoms with van der Waals surface area (Å²) in [4.78, 5) is 23.5. The minimum atomic E-state index is -0.469. The van der Waals surface area contributed by atoms with Gasteiger partial charge in [-0.3, -0.25) is 14.9 Å². The summed E-state index contributed by atoms with van der Waals surface area (Å²) >= 11 is 10.7. The average Bonchev–Trinajstić information content (AvgIpc) is 3.29. The molecule has 1 amide bonds. The van der Waals surface area contributed by atoms with Crippen LogP contribution in [0.15, 0.2) is 70.2 Å². The van der Waals surface area contributed by atoms with Crippen molar-refractivity contribution in [3.05, 3.63) is 96.3 Å². The lowest BCUT2D eigenvalue weighted by Crippen LogP contribution is -2.16. The van der Waals surface area contributed by atoms with Gasteiger partial charge in [0.05, 0.1) is 22.6 Å². The largest absolute Gasteiger partial charge is 0.490 e. The van der Waals surface area contributed by atoms with Crippen molar-refractivity contribution in [1.82, 2.24) is 5.43 Å². The molecule has 4 aromatic rings. The van der Waals surface area contributed by atoms with Gasteiger partial charge in [-0.1, -0.05) is 23.7 Å². The second kappa shape index (κ2) is 11.5. The first-order valence-electron chi connectivity index (χ1n) is 10.7. The van der Waals surface area contributed by atoms with Crippen molar-refractivity contribution in [2.45, 2.75) is 13.5 Å². The van der Waals surface area contributed by atoms with Gasteiger partial charge in [0, 0.05) is 37.3 Å². The van der Waals surface area contributed by atoms with Gasteiger partial charge in [0.1, 0.15) is 6.61 Å². The number of amides is 1. The molecule has 11 heteroatoms. The fourth-order valence-electron chi connectivity index (χ4n) is 3.24. The van der Waals surface area contributed by atoms with E-state index in [0.29, 0.717) is 50.0 Å². The maximum absolute atomic E-state index is 12.6. The van der Waals surface area contributed by atoms with Gasteiger partial charge in [0.25, 0.3) is 11.6 Å². The number of nitrogens with zero attached hydrogens (tertiary/aromatic N) is 2. The third-order valence-electron chi connectivity index (χ3n) is 4.97. The molecule has 0 aliphatic rings. The Bertz CT molecular complexity index is 1460. The number of thiophene rings is 1. The summed E-state index contributed by atoms with van der Waals surface area (Å²) in [6.45, 7) is 2.65. The molecule has 1 heterocycles. The Hall–Kier alpha value is -3.47. The number of nitro groups is 1. The molecule has 1 aromatic heterocycles. The first-order chi connectivity index (χ1) is 17.3. The van der Waals surface area contributed by atoms with E-state index in [1.807, 2.05) is 19.1 Å². The van der Waals surface area contributed by atoms with Crippen LogP contribution < -0.4 is 14.9 Å².